The third-order valence-electron chi connectivity index (χ3n) is 3.16. The van der Waals surface area contributed by atoms with Gasteiger partial charge < -0.3 is 9.88 Å². The minimum atomic E-state index is -0.197. The molecule has 0 unspecified atom stereocenters. The SMILES string of the molecule is CSc1ccc(NC(=O)c2nnc3n2CCC3)cc1. The van der Waals surface area contributed by atoms with Gasteiger partial charge in [0.25, 0.3) is 5.91 Å². The Balaban J connectivity index is 1.77. The van der Waals surface area contributed by atoms with Gasteiger partial charge in [-0.25, -0.2) is 0 Å². The molecule has 19 heavy (non-hydrogen) atoms. The number of benzene rings is 1. The van der Waals surface area contributed by atoms with Crippen LogP contribution in [-0.4, -0.2) is 26.9 Å². The summed E-state index contributed by atoms with van der Waals surface area (Å²) in [5.74, 6) is 1.11. The molecule has 0 saturated carbocycles. The van der Waals surface area contributed by atoms with Crippen LogP contribution in [0.15, 0.2) is 29.2 Å². The number of nitrogens with one attached hydrogen (secondary N) is 1. The average molecular weight is 274 g/mol. The van der Waals surface area contributed by atoms with Crippen molar-refractivity contribution in [1.29, 1.82) is 0 Å². The van der Waals surface area contributed by atoms with Crippen LogP contribution < -0.4 is 5.32 Å². The number of rotatable bonds is 3. The highest BCUT2D eigenvalue weighted by Crippen LogP contribution is 2.19. The lowest BCUT2D eigenvalue weighted by molar-refractivity contribution is 0.101. The fourth-order valence-electron chi connectivity index (χ4n) is 2.18. The second-order valence-corrected chi connectivity index (χ2v) is 5.26. The van der Waals surface area contributed by atoms with E-state index in [-0.39, 0.29) is 5.91 Å². The molecule has 1 aromatic heterocycles. The molecule has 0 atom stereocenters. The minimum absolute atomic E-state index is 0.197. The van der Waals surface area contributed by atoms with Gasteiger partial charge in [-0.05, 0) is 36.9 Å². The molecule has 0 radical (unpaired) electrons. The molecule has 2 aromatic rings. The van der Waals surface area contributed by atoms with E-state index in [1.807, 2.05) is 35.1 Å². The molecule has 98 valence electrons. The van der Waals surface area contributed by atoms with Crippen molar-refractivity contribution < 1.29 is 4.79 Å². The van der Waals surface area contributed by atoms with Crippen molar-refractivity contribution in [2.45, 2.75) is 24.3 Å². The van der Waals surface area contributed by atoms with Gasteiger partial charge in [0, 0.05) is 23.5 Å². The van der Waals surface area contributed by atoms with Crippen molar-refractivity contribution in [3.05, 3.63) is 35.9 Å². The van der Waals surface area contributed by atoms with Crippen LogP contribution in [0.1, 0.15) is 22.9 Å². The summed E-state index contributed by atoms with van der Waals surface area (Å²) in [7, 11) is 0. The smallest absolute Gasteiger partial charge is 0.293 e. The van der Waals surface area contributed by atoms with E-state index < -0.39 is 0 Å². The van der Waals surface area contributed by atoms with E-state index in [4.69, 9.17) is 0 Å². The number of carbonyl (C=O) groups is 1. The number of thioether (sulfide) groups is 1. The van der Waals surface area contributed by atoms with E-state index in [0.717, 1.165) is 30.9 Å². The largest absolute Gasteiger partial charge is 0.319 e. The number of aryl methyl sites for hydroxylation is 1. The summed E-state index contributed by atoms with van der Waals surface area (Å²) in [6.07, 6.45) is 3.96. The molecule has 0 aliphatic carbocycles. The fraction of sp³-hybridized carbons (Fsp3) is 0.308. The van der Waals surface area contributed by atoms with Crippen molar-refractivity contribution in [3.8, 4) is 0 Å². The van der Waals surface area contributed by atoms with Crippen LogP contribution in [0.25, 0.3) is 0 Å². The van der Waals surface area contributed by atoms with Gasteiger partial charge in [0.15, 0.2) is 0 Å². The first kappa shape index (κ1) is 12.2. The number of aromatic nitrogens is 3. The molecule has 1 N–H and O–H groups in total. The number of amides is 1. The summed E-state index contributed by atoms with van der Waals surface area (Å²) in [5.41, 5.74) is 0.776. The van der Waals surface area contributed by atoms with Crippen molar-refractivity contribution in [1.82, 2.24) is 14.8 Å². The van der Waals surface area contributed by atoms with Crippen LogP contribution in [0.4, 0.5) is 5.69 Å². The number of fused-ring (bicyclic) bond motifs is 1. The van der Waals surface area contributed by atoms with E-state index in [9.17, 15) is 4.79 Å². The van der Waals surface area contributed by atoms with Crippen molar-refractivity contribution in [2.24, 2.45) is 0 Å². The van der Waals surface area contributed by atoms with Gasteiger partial charge in [0.2, 0.25) is 5.82 Å². The van der Waals surface area contributed by atoms with Gasteiger partial charge in [-0.3, -0.25) is 4.79 Å². The lowest BCUT2D eigenvalue weighted by atomic mass is 10.3. The molecule has 2 heterocycles. The molecule has 5 nitrogen and oxygen atoms in total. The Kier molecular flexibility index (Phi) is 3.25. The first-order chi connectivity index (χ1) is 9.28. The molecule has 3 rings (SSSR count). The molecule has 1 aromatic carbocycles. The van der Waals surface area contributed by atoms with Crippen LogP contribution in [0.5, 0.6) is 0 Å². The van der Waals surface area contributed by atoms with Crippen LogP contribution >= 0.6 is 11.8 Å². The zero-order valence-electron chi connectivity index (χ0n) is 10.6. The van der Waals surface area contributed by atoms with Crippen LogP contribution in [0.3, 0.4) is 0 Å². The highest BCUT2D eigenvalue weighted by molar-refractivity contribution is 7.98. The maximum atomic E-state index is 12.1. The quantitative estimate of drug-likeness (QED) is 0.872. The zero-order chi connectivity index (χ0) is 13.2. The van der Waals surface area contributed by atoms with Crippen LogP contribution in [-0.2, 0) is 13.0 Å². The highest BCUT2D eigenvalue weighted by Gasteiger charge is 2.22. The van der Waals surface area contributed by atoms with E-state index in [2.05, 4.69) is 15.5 Å². The Morgan fingerprint density at radius 2 is 2.11 bits per heavy atom. The maximum absolute atomic E-state index is 12.1. The molecule has 0 spiro atoms. The van der Waals surface area contributed by atoms with Crippen LogP contribution in [0.2, 0.25) is 0 Å². The molecular formula is C13H14N4OS. The van der Waals surface area contributed by atoms with Gasteiger partial charge >= 0.3 is 0 Å². The lowest BCUT2D eigenvalue weighted by Crippen LogP contribution is -2.17. The summed E-state index contributed by atoms with van der Waals surface area (Å²) >= 11 is 1.67. The average Bonchev–Trinajstić information content (AvgIpc) is 3.01. The van der Waals surface area contributed by atoms with E-state index in [0.29, 0.717) is 5.82 Å². The third-order valence-corrected chi connectivity index (χ3v) is 3.90. The molecule has 1 aliphatic heterocycles. The Morgan fingerprint density at radius 1 is 1.32 bits per heavy atom. The second kappa shape index (κ2) is 5.05. The molecule has 0 saturated heterocycles. The van der Waals surface area contributed by atoms with E-state index >= 15 is 0 Å². The predicted molar refractivity (Wildman–Crippen MR) is 74.5 cm³/mol. The molecule has 1 amide bonds. The van der Waals surface area contributed by atoms with Crippen molar-refractivity contribution >= 4 is 23.4 Å². The Labute approximate surface area is 115 Å². The highest BCUT2D eigenvalue weighted by atomic mass is 32.2. The number of anilines is 1. The van der Waals surface area contributed by atoms with Gasteiger partial charge in [0.05, 0.1) is 0 Å². The fourth-order valence-corrected chi connectivity index (χ4v) is 2.59. The van der Waals surface area contributed by atoms with Gasteiger partial charge in [-0.2, -0.15) is 0 Å². The molecule has 1 aliphatic rings. The van der Waals surface area contributed by atoms with Crippen molar-refractivity contribution in [2.75, 3.05) is 11.6 Å². The molecule has 0 bridgehead atoms. The normalized spacial score (nSPS) is 13.3. The first-order valence-electron chi connectivity index (χ1n) is 6.15. The Hall–Kier alpha value is -1.82. The second-order valence-electron chi connectivity index (χ2n) is 4.38. The monoisotopic (exact) mass is 274 g/mol. The summed E-state index contributed by atoms with van der Waals surface area (Å²) in [6, 6.07) is 7.75. The predicted octanol–water partition coefficient (Wildman–Crippen LogP) is 2.20. The van der Waals surface area contributed by atoms with Gasteiger partial charge in [0.1, 0.15) is 5.82 Å². The number of hydrogen-bond donors (Lipinski definition) is 1. The van der Waals surface area contributed by atoms with Crippen molar-refractivity contribution in [3.63, 3.8) is 0 Å². The third kappa shape index (κ3) is 2.35. The van der Waals surface area contributed by atoms with Gasteiger partial charge in [-0.15, -0.1) is 22.0 Å². The topological polar surface area (TPSA) is 59.8 Å². The van der Waals surface area contributed by atoms with Gasteiger partial charge in [-0.1, -0.05) is 0 Å². The summed E-state index contributed by atoms with van der Waals surface area (Å²) in [4.78, 5) is 13.3. The maximum Gasteiger partial charge on any atom is 0.293 e. The summed E-state index contributed by atoms with van der Waals surface area (Å²) in [6.45, 7) is 0.830. The van der Waals surface area contributed by atoms with Crippen LogP contribution in [0, 0.1) is 0 Å². The Bertz CT molecular complexity index is 606. The Morgan fingerprint density at radius 3 is 2.84 bits per heavy atom. The number of carbonyl (C=O) groups excluding carboxylic acids is 1. The first-order valence-corrected chi connectivity index (χ1v) is 7.38. The standard InChI is InChI=1S/C13H14N4OS/c1-19-10-6-4-9(5-7-10)14-13(18)12-16-15-11-3-2-8-17(11)12/h4-7H,2-3,8H2,1H3,(H,14,18). The summed E-state index contributed by atoms with van der Waals surface area (Å²) < 4.78 is 1.89. The lowest BCUT2D eigenvalue weighted by Gasteiger charge is -2.06. The molecular weight excluding hydrogens is 260 g/mol. The number of nitrogens with zero attached hydrogens (tertiary/aromatic N) is 3. The van der Waals surface area contributed by atoms with E-state index in [1.54, 1.807) is 11.8 Å². The molecule has 0 fully saturated rings. The zero-order valence-corrected chi connectivity index (χ0v) is 11.4. The summed E-state index contributed by atoms with van der Waals surface area (Å²) in [5, 5.41) is 10.9. The minimum Gasteiger partial charge on any atom is -0.319 e. The number of hydrogen-bond acceptors (Lipinski definition) is 4. The molecule has 6 heteroatoms. The van der Waals surface area contributed by atoms with E-state index in [1.165, 1.54) is 4.90 Å².